The van der Waals surface area contributed by atoms with Gasteiger partial charge in [0, 0.05) is 10.8 Å². The molecule has 0 spiro atoms. The van der Waals surface area contributed by atoms with E-state index < -0.39 is 0 Å². The average Bonchev–Trinajstić information content (AvgIpc) is 2.64. The Balaban J connectivity index is 2.04. The van der Waals surface area contributed by atoms with Crippen LogP contribution < -0.4 is 0 Å². The summed E-state index contributed by atoms with van der Waals surface area (Å²) in [5.41, 5.74) is 0.859. The summed E-state index contributed by atoms with van der Waals surface area (Å²) < 4.78 is 0. The lowest BCUT2D eigenvalue weighted by molar-refractivity contribution is -0.137. The minimum atomic E-state index is -0.154. The van der Waals surface area contributed by atoms with Gasteiger partial charge in [0.1, 0.15) is 5.78 Å². The van der Waals surface area contributed by atoms with Crippen LogP contribution in [0.3, 0.4) is 0 Å². The van der Waals surface area contributed by atoms with Crippen molar-refractivity contribution in [2.45, 2.75) is 60.3 Å². The molecule has 1 heteroatoms. The Labute approximate surface area is 99.0 Å². The maximum Gasteiger partial charge on any atom is 0.144 e. The molecule has 4 rings (SSSR count). The molecule has 4 bridgehead atoms. The number of carbonyl (C=O) groups is 1. The molecule has 16 heavy (non-hydrogen) atoms. The lowest BCUT2D eigenvalue weighted by Crippen LogP contribution is -2.39. The van der Waals surface area contributed by atoms with Gasteiger partial charge in [-0.25, -0.2) is 0 Å². The lowest BCUT2D eigenvalue weighted by atomic mass is 9.68. The van der Waals surface area contributed by atoms with E-state index >= 15 is 0 Å². The van der Waals surface area contributed by atoms with Crippen LogP contribution in [0.2, 0.25) is 0 Å². The third-order valence-corrected chi connectivity index (χ3v) is 6.18. The van der Waals surface area contributed by atoms with Crippen molar-refractivity contribution >= 4 is 5.78 Å². The Morgan fingerprint density at radius 2 is 1.50 bits per heavy atom. The fourth-order valence-corrected chi connectivity index (χ4v) is 5.45. The van der Waals surface area contributed by atoms with Gasteiger partial charge in [-0.2, -0.15) is 0 Å². The second-order valence-corrected chi connectivity index (χ2v) is 8.32. The number of Topliss-reactive ketones (excluding diaryl/α,β-unsaturated/α-hetero) is 1. The van der Waals surface area contributed by atoms with Crippen LogP contribution >= 0.6 is 0 Å². The highest BCUT2D eigenvalue weighted by Crippen LogP contribution is 2.82. The molecule has 0 aromatic rings. The van der Waals surface area contributed by atoms with Gasteiger partial charge in [0.25, 0.3) is 0 Å². The first-order valence-corrected chi connectivity index (χ1v) is 6.68. The number of hydrogen-bond donors (Lipinski definition) is 0. The summed E-state index contributed by atoms with van der Waals surface area (Å²) in [7, 11) is 0. The zero-order valence-corrected chi connectivity index (χ0v) is 11.3. The second kappa shape index (κ2) is 2.42. The molecule has 4 saturated carbocycles. The molecular weight excluding hydrogens is 196 g/mol. The van der Waals surface area contributed by atoms with Crippen molar-refractivity contribution in [1.82, 2.24) is 0 Å². The molecule has 4 atom stereocenters. The highest BCUT2D eigenvalue weighted by molar-refractivity contribution is 5.91. The summed E-state index contributed by atoms with van der Waals surface area (Å²) in [4.78, 5) is 12.8. The molecule has 0 aromatic carbocycles. The quantitative estimate of drug-likeness (QED) is 0.656. The van der Waals surface area contributed by atoms with E-state index in [4.69, 9.17) is 0 Å². The van der Waals surface area contributed by atoms with E-state index in [9.17, 15) is 4.79 Å². The summed E-state index contributed by atoms with van der Waals surface area (Å²) >= 11 is 0. The minimum absolute atomic E-state index is 0.0712. The summed E-state index contributed by atoms with van der Waals surface area (Å²) in [5.74, 6) is 1.25. The minimum Gasteiger partial charge on any atom is -0.298 e. The molecule has 0 saturated heterocycles. The smallest absolute Gasteiger partial charge is 0.144 e. The second-order valence-electron chi connectivity index (χ2n) is 8.32. The van der Waals surface area contributed by atoms with Gasteiger partial charge < -0.3 is 0 Å². The number of carbonyl (C=O) groups excluding carboxylic acids is 1. The predicted octanol–water partition coefficient (Wildman–Crippen LogP) is 3.82. The van der Waals surface area contributed by atoms with Crippen molar-refractivity contribution in [1.29, 1.82) is 0 Å². The predicted molar refractivity (Wildman–Crippen MR) is 65.1 cm³/mol. The van der Waals surface area contributed by atoms with E-state index in [0.29, 0.717) is 22.5 Å². The van der Waals surface area contributed by atoms with Crippen LogP contribution in [-0.4, -0.2) is 5.78 Å². The van der Waals surface area contributed by atoms with Crippen LogP contribution in [0.1, 0.15) is 60.3 Å². The van der Waals surface area contributed by atoms with Crippen molar-refractivity contribution in [3.05, 3.63) is 0 Å². The maximum absolute atomic E-state index is 12.8. The third-order valence-electron chi connectivity index (χ3n) is 6.18. The van der Waals surface area contributed by atoms with Crippen LogP contribution in [0, 0.1) is 27.6 Å². The van der Waals surface area contributed by atoms with Gasteiger partial charge in [0.15, 0.2) is 0 Å². The molecule has 0 N–H and O–H groups in total. The van der Waals surface area contributed by atoms with Crippen molar-refractivity contribution in [3.8, 4) is 0 Å². The van der Waals surface area contributed by atoms with Crippen molar-refractivity contribution in [2.75, 3.05) is 0 Å². The Morgan fingerprint density at radius 1 is 1.06 bits per heavy atom. The van der Waals surface area contributed by atoms with E-state index in [1.54, 1.807) is 0 Å². The van der Waals surface area contributed by atoms with Gasteiger partial charge >= 0.3 is 0 Å². The number of hydrogen-bond acceptors (Lipinski definition) is 1. The van der Waals surface area contributed by atoms with Gasteiger partial charge in [-0.3, -0.25) is 4.79 Å². The highest BCUT2D eigenvalue weighted by atomic mass is 16.1. The summed E-state index contributed by atoms with van der Waals surface area (Å²) in [6.45, 7) is 11.1. The molecule has 0 heterocycles. The summed E-state index contributed by atoms with van der Waals surface area (Å²) in [6.07, 6.45) is 4.98. The van der Waals surface area contributed by atoms with E-state index in [2.05, 4.69) is 34.6 Å². The summed E-state index contributed by atoms with van der Waals surface area (Å²) in [5, 5.41) is 0. The van der Waals surface area contributed by atoms with E-state index in [-0.39, 0.29) is 10.8 Å². The molecule has 4 aliphatic carbocycles. The van der Waals surface area contributed by atoms with E-state index in [0.717, 1.165) is 0 Å². The molecule has 4 aliphatic rings. The topological polar surface area (TPSA) is 17.1 Å². The molecule has 0 aromatic heterocycles. The van der Waals surface area contributed by atoms with E-state index in [1.165, 1.54) is 25.7 Å². The van der Waals surface area contributed by atoms with Crippen molar-refractivity contribution in [2.24, 2.45) is 27.6 Å². The first-order valence-electron chi connectivity index (χ1n) is 6.68. The lowest BCUT2D eigenvalue weighted by Gasteiger charge is -2.33. The molecular formula is C15H24O. The average molecular weight is 220 g/mol. The fraction of sp³-hybridized carbons (Fsp3) is 0.933. The summed E-state index contributed by atoms with van der Waals surface area (Å²) in [6, 6.07) is 0. The molecule has 1 nitrogen and oxygen atoms in total. The maximum atomic E-state index is 12.8. The SMILES string of the molecule is CC(C)(C)C(=O)C12C[C@]3(C)CC1C[C@]3(C)C2. The van der Waals surface area contributed by atoms with Gasteiger partial charge in [-0.1, -0.05) is 34.6 Å². The van der Waals surface area contributed by atoms with Crippen LogP contribution in [-0.2, 0) is 4.79 Å². The van der Waals surface area contributed by atoms with Gasteiger partial charge in [-0.05, 0) is 42.4 Å². The van der Waals surface area contributed by atoms with Crippen LogP contribution in [0.25, 0.3) is 0 Å². The number of ketones is 1. The first kappa shape index (κ1) is 10.8. The van der Waals surface area contributed by atoms with Crippen LogP contribution in [0.5, 0.6) is 0 Å². The Bertz CT molecular complexity index is 355. The van der Waals surface area contributed by atoms with E-state index in [1.807, 2.05) is 0 Å². The highest BCUT2D eigenvalue weighted by Gasteiger charge is 2.76. The largest absolute Gasteiger partial charge is 0.298 e. The van der Waals surface area contributed by atoms with Gasteiger partial charge in [0.2, 0.25) is 0 Å². The van der Waals surface area contributed by atoms with Gasteiger partial charge in [-0.15, -0.1) is 0 Å². The monoisotopic (exact) mass is 220 g/mol. The normalized spacial score (nSPS) is 53.9. The molecule has 0 amide bonds. The first-order chi connectivity index (χ1) is 7.13. The van der Waals surface area contributed by atoms with Gasteiger partial charge in [0.05, 0.1) is 0 Å². The Kier molecular flexibility index (Phi) is 1.63. The zero-order chi connectivity index (χ0) is 12.0. The Morgan fingerprint density at radius 3 is 1.75 bits per heavy atom. The molecule has 90 valence electrons. The van der Waals surface area contributed by atoms with Crippen molar-refractivity contribution in [3.63, 3.8) is 0 Å². The van der Waals surface area contributed by atoms with Crippen LogP contribution in [0.15, 0.2) is 0 Å². The number of rotatable bonds is 1. The van der Waals surface area contributed by atoms with Crippen molar-refractivity contribution < 1.29 is 4.79 Å². The molecule has 4 fully saturated rings. The Hall–Kier alpha value is -0.330. The standard InChI is InChI=1S/C15H24O/c1-12(2,3)11(16)15-8-13(4)6-10(15)7-14(13,5)9-15/h10H,6-9H2,1-5H3/t10?,13-,14+,15?. The van der Waals surface area contributed by atoms with Crippen LogP contribution in [0.4, 0.5) is 0 Å². The molecule has 0 aliphatic heterocycles. The molecule has 0 radical (unpaired) electrons. The third kappa shape index (κ3) is 0.926. The zero-order valence-electron chi connectivity index (χ0n) is 11.3. The molecule has 2 unspecified atom stereocenters. The fourth-order valence-electron chi connectivity index (χ4n) is 5.45.